The first kappa shape index (κ1) is 11.0. The van der Waals surface area contributed by atoms with E-state index in [1.807, 2.05) is 0 Å². The van der Waals surface area contributed by atoms with Gasteiger partial charge in [-0.1, -0.05) is 12.7 Å². The third-order valence-electron chi connectivity index (χ3n) is 2.02. The van der Waals surface area contributed by atoms with Crippen molar-refractivity contribution < 1.29 is 14.3 Å². The highest BCUT2D eigenvalue weighted by Crippen LogP contribution is 2.21. The largest absolute Gasteiger partial charge is 0.514 e. The Labute approximate surface area is 97.2 Å². The zero-order valence-corrected chi connectivity index (χ0v) is 9.00. The molecule has 88 valence electrons. The number of nitrogens with two attached hydrogens (primary N) is 1. The van der Waals surface area contributed by atoms with Crippen molar-refractivity contribution in [1.29, 1.82) is 0 Å². The molecule has 6 heteroatoms. The number of aromatic nitrogens is 2. The average molecular weight is 233 g/mol. The Kier molecular flexibility index (Phi) is 2.95. The Bertz CT molecular complexity index is 562. The highest BCUT2D eigenvalue weighted by Gasteiger charge is 2.11. The van der Waals surface area contributed by atoms with Crippen molar-refractivity contribution in [3.8, 4) is 5.75 Å². The molecule has 2 aromatic heterocycles. The summed E-state index contributed by atoms with van der Waals surface area (Å²) in [6.45, 7) is 3.52. The fraction of sp³-hybridized carbons (Fsp3) is 0.0909. The van der Waals surface area contributed by atoms with E-state index in [2.05, 4.69) is 11.7 Å². The molecular formula is C11H11N3O3. The van der Waals surface area contributed by atoms with Crippen molar-refractivity contribution in [2.75, 3.05) is 12.3 Å². The van der Waals surface area contributed by atoms with E-state index in [0.717, 1.165) is 0 Å². The number of hydrogen-bond acceptors (Lipinski definition) is 5. The first-order valence-corrected chi connectivity index (χ1v) is 4.89. The highest BCUT2D eigenvalue weighted by atomic mass is 16.7. The monoisotopic (exact) mass is 233 g/mol. The van der Waals surface area contributed by atoms with Crippen molar-refractivity contribution in [2.45, 2.75) is 0 Å². The molecule has 0 amide bonds. The molecule has 0 bridgehead atoms. The lowest BCUT2D eigenvalue weighted by molar-refractivity contribution is 0.110. The molecule has 6 nitrogen and oxygen atoms in total. The normalized spacial score (nSPS) is 10.1. The van der Waals surface area contributed by atoms with Gasteiger partial charge in [0.25, 0.3) is 0 Å². The van der Waals surface area contributed by atoms with Gasteiger partial charge in [-0.25, -0.2) is 9.31 Å². The van der Waals surface area contributed by atoms with Crippen LogP contribution in [0, 0.1) is 0 Å². The summed E-state index contributed by atoms with van der Waals surface area (Å²) < 4.78 is 11.2. The lowest BCUT2D eigenvalue weighted by atomic mass is 10.3. The molecular weight excluding hydrogens is 222 g/mol. The second kappa shape index (κ2) is 4.56. The molecule has 2 N–H and O–H groups in total. The number of anilines is 1. The van der Waals surface area contributed by atoms with Gasteiger partial charge in [-0.15, -0.1) is 0 Å². The van der Waals surface area contributed by atoms with E-state index < -0.39 is 6.16 Å². The number of fused-ring (bicyclic) bond motifs is 1. The number of rotatable bonds is 3. The standard InChI is InChI=1S/C11H11N3O3/c1-2-5-16-11(15)17-10-7-13-14-4-3-8(12)6-9(10)14/h2-4,6-7H,1,5,12H2. The van der Waals surface area contributed by atoms with Crippen molar-refractivity contribution in [3.05, 3.63) is 37.2 Å². The first-order chi connectivity index (χ1) is 8.20. The third kappa shape index (κ3) is 2.36. The van der Waals surface area contributed by atoms with Crippen LogP contribution in [0.25, 0.3) is 5.52 Å². The predicted octanol–water partition coefficient (Wildman–Crippen LogP) is 1.62. The molecule has 17 heavy (non-hydrogen) atoms. The number of ether oxygens (including phenoxy) is 2. The molecule has 0 aliphatic carbocycles. The summed E-state index contributed by atoms with van der Waals surface area (Å²) in [6, 6.07) is 3.35. The number of nitrogen functional groups attached to an aromatic ring is 1. The van der Waals surface area contributed by atoms with Crippen LogP contribution in [0.5, 0.6) is 5.75 Å². The minimum Gasteiger partial charge on any atom is -0.430 e. The van der Waals surface area contributed by atoms with Gasteiger partial charge >= 0.3 is 6.16 Å². The number of hydrogen-bond donors (Lipinski definition) is 1. The van der Waals surface area contributed by atoms with E-state index in [1.54, 1.807) is 22.8 Å². The molecule has 0 aliphatic heterocycles. The van der Waals surface area contributed by atoms with E-state index in [4.69, 9.17) is 15.2 Å². The van der Waals surface area contributed by atoms with Crippen LogP contribution in [0.4, 0.5) is 10.5 Å². The number of carbonyl (C=O) groups is 1. The molecule has 0 saturated carbocycles. The van der Waals surface area contributed by atoms with Gasteiger partial charge in [0.15, 0.2) is 5.75 Å². The molecule has 0 aromatic carbocycles. The summed E-state index contributed by atoms with van der Waals surface area (Å²) in [6.07, 6.45) is 3.74. The molecule has 2 heterocycles. The number of pyridine rings is 1. The molecule has 0 spiro atoms. The fourth-order valence-corrected chi connectivity index (χ4v) is 1.30. The minimum absolute atomic E-state index is 0.0974. The molecule has 0 radical (unpaired) electrons. The van der Waals surface area contributed by atoms with Crippen LogP contribution in [0.15, 0.2) is 37.2 Å². The van der Waals surface area contributed by atoms with Crippen LogP contribution in [0.3, 0.4) is 0 Å². The smallest absolute Gasteiger partial charge is 0.430 e. The number of nitrogens with zero attached hydrogens (tertiary/aromatic N) is 2. The summed E-state index contributed by atoms with van der Waals surface area (Å²) in [7, 11) is 0. The third-order valence-corrected chi connectivity index (χ3v) is 2.02. The Morgan fingerprint density at radius 3 is 3.24 bits per heavy atom. The van der Waals surface area contributed by atoms with E-state index in [0.29, 0.717) is 17.0 Å². The van der Waals surface area contributed by atoms with E-state index in [1.165, 1.54) is 12.3 Å². The van der Waals surface area contributed by atoms with Crippen LogP contribution in [-0.4, -0.2) is 22.4 Å². The number of carbonyl (C=O) groups excluding carboxylic acids is 1. The Balaban J connectivity index is 2.21. The zero-order chi connectivity index (χ0) is 12.3. The quantitative estimate of drug-likeness (QED) is 0.643. The van der Waals surface area contributed by atoms with Crippen LogP contribution in [0.1, 0.15) is 0 Å². The molecule has 2 aromatic rings. The first-order valence-electron chi connectivity index (χ1n) is 4.89. The van der Waals surface area contributed by atoms with E-state index in [-0.39, 0.29) is 6.61 Å². The minimum atomic E-state index is -0.803. The van der Waals surface area contributed by atoms with Crippen molar-refractivity contribution in [3.63, 3.8) is 0 Å². The van der Waals surface area contributed by atoms with Crippen molar-refractivity contribution in [1.82, 2.24) is 9.61 Å². The summed E-state index contributed by atoms with van der Waals surface area (Å²) in [4.78, 5) is 11.2. The lowest BCUT2D eigenvalue weighted by Crippen LogP contribution is -2.10. The van der Waals surface area contributed by atoms with Crippen LogP contribution < -0.4 is 10.5 Å². The summed E-state index contributed by atoms with van der Waals surface area (Å²) in [5.41, 5.74) is 6.79. The topological polar surface area (TPSA) is 78.8 Å². The van der Waals surface area contributed by atoms with Gasteiger partial charge in [-0.3, -0.25) is 0 Å². The summed E-state index contributed by atoms with van der Waals surface area (Å²) in [5.74, 6) is 0.298. The second-order valence-electron chi connectivity index (χ2n) is 3.25. The van der Waals surface area contributed by atoms with Crippen LogP contribution in [0.2, 0.25) is 0 Å². The molecule has 0 aliphatic rings. The second-order valence-corrected chi connectivity index (χ2v) is 3.25. The Morgan fingerprint density at radius 2 is 2.47 bits per heavy atom. The average Bonchev–Trinajstić information content (AvgIpc) is 2.69. The van der Waals surface area contributed by atoms with Crippen molar-refractivity contribution in [2.24, 2.45) is 0 Å². The highest BCUT2D eigenvalue weighted by molar-refractivity contribution is 5.71. The Hall–Kier alpha value is -2.50. The van der Waals surface area contributed by atoms with Gasteiger partial charge in [-0.05, 0) is 12.1 Å². The van der Waals surface area contributed by atoms with Gasteiger partial charge in [0.05, 0.1) is 6.20 Å². The fourth-order valence-electron chi connectivity index (χ4n) is 1.30. The van der Waals surface area contributed by atoms with Gasteiger partial charge < -0.3 is 15.2 Å². The molecule has 0 unspecified atom stereocenters. The maximum absolute atomic E-state index is 11.2. The van der Waals surface area contributed by atoms with Gasteiger partial charge in [0, 0.05) is 11.9 Å². The maximum Gasteiger partial charge on any atom is 0.514 e. The SMILES string of the molecule is C=CCOC(=O)Oc1cnn2ccc(N)cc12. The Morgan fingerprint density at radius 1 is 1.65 bits per heavy atom. The van der Waals surface area contributed by atoms with E-state index >= 15 is 0 Å². The molecule has 0 fully saturated rings. The molecule has 0 atom stereocenters. The van der Waals surface area contributed by atoms with Gasteiger partial charge in [-0.2, -0.15) is 5.10 Å². The van der Waals surface area contributed by atoms with Crippen LogP contribution in [-0.2, 0) is 4.74 Å². The maximum atomic E-state index is 11.2. The summed E-state index contributed by atoms with van der Waals surface area (Å²) >= 11 is 0. The van der Waals surface area contributed by atoms with Crippen LogP contribution >= 0.6 is 0 Å². The van der Waals surface area contributed by atoms with E-state index in [9.17, 15) is 4.79 Å². The van der Waals surface area contributed by atoms with Crippen molar-refractivity contribution >= 4 is 17.4 Å². The van der Waals surface area contributed by atoms with Gasteiger partial charge in [0.2, 0.25) is 0 Å². The zero-order valence-electron chi connectivity index (χ0n) is 9.00. The lowest BCUT2D eigenvalue weighted by Gasteiger charge is -2.02. The van der Waals surface area contributed by atoms with Gasteiger partial charge in [0.1, 0.15) is 12.1 Å². The molecule has 0 saturated heterocycles. The molecule has 2 rings (SSSR count). The summed E-state index contributed by atoms with van der Waals surface area (Å²) in [5, 5.41) is 4.00. The predicted molar refractivity (Wildman–Crippen MR) is 61.8 cm³/mol.